The number of benzene rings is 2. The van der Waals surface area contributed by atoms with Crippen molar-refractivity contribution in [1.29, 1.82) is 0 Å². The van der Waals surface area contributed by atoms with E-state index in [1.54, 1.807) is 4.90 Å². The minimum atomic E-state index is 0.247. The number of rotatable bonds is 5. The maximum atomic E-state index is 13.1. The van der Waals surface area contributed by atoms with Crippen LogP contribution in [0.4, 0.5) is 0 Å². The average molecular weight is 408 g/mol. The molecule has 0 radical (unpaired) electrons. The summed E-state index contributed by atoms with van der Waals surface area (Å²) in [5.41, 5.74) is 5.39. The van der Waals surface area contributed by atoms with Crippen LogP contribution < -0.4 is 19.3 Å². The van der Waals surface area contributed by atoms with Crippen molar-refractivity contribution in [3.8, 4) is 11.5 Å². The third-order valence-electron chi connectivity index (χ3n) is 6.39. The van der Waals surface area contributed by atoms with Gasteiger partial charge in [0.15, 0.2) is 11.5 Å². The zero-order chi connectivity index (χ0) is 20.7. The molecule has 6 heteroatoms. The number of quaternary nitrogens is 2. The molecule has 1 aromatic heterocycles. The van der Waals surface area contributed by atoms with Gasteiger partial charge < -0.3 is 24.3 Å². The lowest BCUT2D eigenvalue weighted by atomic mass is 10.0. The number of ether oxygens (including phenoxy) is 2. The zero-order valence-corrected chi connectivity index (χ0v) is 17.6. The van der Waals surface area contributed by atoms with Gasteiger partial charge in [0.25, 0.3) is 0 Å². The fraction of sp³-hybridized carbons (Fsp3) is 0.375. The molecule has 3 aromatic rings. The average Bonchev–Trinajstić information content (AvgIpc) is 3.32. The molecular weight excluding hydrogens is 378 g/mol. The SMILES string of the molecule is Cc1ccc2c(C(=O)C[NH+]3CC[NH+](Cc4ccc5c(c4)OCO5)CC3)c(C)[nH]c2c1. The van der Waals surface area contributed by atoms with E-state index in [2.05, 4.69) is 42.2 Å². The highest BCUT2D eigenvalue weighted by Gasteiger charge is 2.27. The molecule has 0 unspecified atom stereocenters. The van der Waals surface area contributed by atoms with Crippen LogP contribution in [0.15, 0.2) is 36.4 Å². The Bertz CT molecular complexity index is 1100. The van der Waals surface area contributed by atoms with Crippen molar-refractivity contribution in [1.82, 2.24) is 4.98 Å². The molecule has 2 aliphatic heterocycles. The fourth-order valence-electron chi connectivity index (χ4n) is 4.77. The summed E-state index contributed by atoms with van der Waals surface area (Å²) in [5.74, 6) is 1.94. The number of hydrogen-bond acceptors (Lipinski definition) is 3. The number of H-pyrrole nitrogens is 1. The topological polar surface area (TPSA) is 60.2 Å². The number of piperazine rings is 1. The van der Waals surface area contributed by atoms with Gasteiger partial charge in [0.1, 0.15) is 39.3 Å². The first-order valence-corrected chi connectivity index (χ1v) is 10.7. The van der Waals surface area contributed by atoms with Gasteiger partial charge in [-0.1, -0.05) is 12.1 Å². The van der Waals surface area contributed by atoms with E-state index in [-0.39, 0.29) is 5.78 Å². The van der Waals surface area contributed by atoms with Crippen LogP contribution >= 0.6 is 0 Å². The van der Waals surface area contributed by atoms with Gasteiger partial charge in [0.2, 0.25) is 12.6 Å². The van der Waals surface area contributed by atoms with Crippen molar-refractivity contribution in [3.05, 3.63) is 58.8 Å². The number of carbonyl (C=O) groups excluding carboxylic acids is 1. The monoisotopic (exact) mass is 407 g/mol. The van der Waals surface area contributed by atoms with Gasteiger partial charge in [-0.25, -0.2) is 0 Å². The Morgan fingerprint density at radius 2 is 1.73 bits per heavy atom. The molecule has 156 valence electrons. The van der Waals surface area contributed by atoms with E-state index in [9.17, 15) is 4.79 Å². The van der Waals surface area contributed by atoms with E-state index in [0.717, 1.165) is 66.4 Å². The van der Waals surface area contributed by atoms with Gasteiger partial charge >= 0.3 is 0 Å². The normalized spacial score (nSPS) is 20.6. The molecular formula is C24H29N3O3+2. The molecule has 3 N–H and O–H groups in total. The van der Waals surface area contributed by atoms with Crippen molar-refractivity contribution >= 4 is 16.7 Å². The van der Waals surface area contributed by atoms with E-state index in [4.69, 9.17) is 9.47 Å². The summed E-state index contributed by atoms with van der Waals surface area (Å²) in [6.07, 6.45) is 0. The number of aromatic amines is 1. The second-order valence-electron chi connectivity index (χ2n) is 8.64. The number of hydrogen-bond donors (Lipinski definition) is 3. The van der Waals surface area contributed by atoms with Gasteiger partial charge in [-0.15, -0.1) is 0 Å². The predicted molar refractivity (Wildman–Crippen MR) is 115 cm³/mol. The number of aryl methyl sites for hydroxylation is 2. The highest BCUT2D eigenvalue weighted by atomic mass is 16.7. The van der Waals surface area contributed by atoms with Gasteiger partial charge in [-0.3, -0.25) is 4.79 Å². The maximum absolute atomic E-state index is 13.1. The van der Waals surface area contributed by atoms with Crippen LogP contribution in [-0.4, -0.2) is 50.3 Å². The summed E-state index contributed by atoms with van der Waals surface area (Å²) < 4.78 is 10.9. The molecule has 1 fully saturated rings. The molecule has 0 aliphatic carbocycles. The highest BCUT2D eigenvalue weighted by Crippen LogP contribution is 2.32. The Kier molecular flexibility index (Phi) is 4.97. The van der Waals surface area contributed by atoms with Gasteiger partial charge in [-0.05, 0) is 43.7 Å². The fourth-order valence-corrected chi connectivity index (χ4v) is 4.77. The molecule has 0 atom stereocenters. The zero-order valence-electron chi connectivity index (χ0n) is 17.6. The van der Waals surface area contributed by atoms with Crippen molar-refractivity contribution in [2.24, 2.45) is 0 Å². The minimum Gasteiger partial charge on any atom is -0.454 e. The first-order chi connectivity index (χ1) is 14.6. The van der Waals surface area contributed by atoms with Gasteiger partial charge in [0.05, 0.1) is 5.56 Å². The Morgan fingerprint density at radius 3 is 2.57 bits per heavy atom. The molecule has 0 amide bonds. The van der Waals surface area contributed by atoms with E-state index in [0.29, 0.717) is 13.3 Å². The number of ketones is 1. The van der Waals surface area contributed by atoms with E-state index in [1.807, 2.05) is 13.0 Å². The molecule has 30 heavy (non-hydrogen) atoms. The van der Waals surface area contributed by atoms with Crippen molar-refractivity contribution in [2.45, 2.75) is 20.4 Å². The molecule has 1 saturated heterocycles. The number of Topliss-reactive ketones (excluding diaryl/α,β-unsaturated/α-hetero) is 1. The van der Waals surface area contributed by atoms with E-state index >= 15 is 0 Å². The Balaban J connectivity index is 1.19. The van der Waals surface area contributed by atoms with Crippen LogP contribution in [0.25, 0.3) is 10.9 Å². The second kappa shape index (κ2) is 7.78. The molecule has 0 saturated carbocycles. The molecule has 0 spiro atoms. The van der Waals surface area contributed by atoms with E-state index < -0.39 is 0 Å². The van der Waals surface area contributed by atoms with Gasteiger partial charge in [0, 0.05) is 22.2 Å². The molecule has 2 aromatic carbocycles. The summed E-state index contributed by atoms with van der Waals surface area (Å²) in [7, 11) is 0. The molecule has 0 bridgehead atoms. The Hall–Kier alpha value is -2.83. The first-order valence-electron chi connectivity index (χ1n) is 10.7. The smallest absolute Gasteiger partial charge is 0.231 e. The van der Waals surface area contributed by atoms with Crippen molar-refractivity contribution < 1.29 is 24.1 Å². The summed E-state index contributed by atoms with van der Waals surface area (Å²) in [4.78, 5) is 19.4. The molecule has 5 rings (SSSR count). The quantitative estimate of drug-likeness (QED) is 0.545. The first kappa shape index (κ1) is 19.2. The highest BCUT2D eigenvalue weighted by molar-refractivity contribution is 6.09. The third kappa shape index (κ3) is 3.68. The minimum absolute atomic E-state index is 0.247. The second-order valence-corrected chi connectivity index (χ2v) is 8.64. The van der Waals surface area contributed by atoms with E-state index in [1.165, 1.54) is 16.0 Å². The molecule has 2 aliphatic rings. The lowest BCUT2D eigenvalue weighted by Crippen LogP contribution is -3.27. The standard InChI is InChI=1S/C24H27N3O3/c1-16-3-5-19-20(11-16)25-17(2)24(19)21(28)14-27-9-7-26(8-10-27)13-18-4-6-22-23(12-18)30-15-29-22/h3-6,11-12,25H,7-10,13-15H2,1-2H3/p+2. The number of aromatic nitrogens is 1. The largest absolute Gasteiger partial charge is 0.454 e. The summed E-state index contributed by atoms with van der Waals surface area (Å²) >= 11 is 0. The van der Waals surface area contributed by atoms with Crippen molar-refractivity contribution in [3.63, 3.8) is 0 Å². The van der Waals surface area contributed by atoms with Gasteiger partial charge in [-0.2, -0.15) is 0 Å². The van der Waals surface area contributed by atoms with Crippen LogP contribution in [0.1, 0.15) is 27.2 Å². The Labute approximate surface area is 176 Å². The van der Waals surface area contributed by atoms with Crippen LogP contribution in [0.2, 0.25) is 0 Å². The van der Waals surface area contributed by atoms with Crippen LogP contribution in [0.5, 0.6) is 11.5 Å². The molecule has 3 heterocycles. The predicted octanol–water partition coefficient (Wildman–Crippen LogP) is 0.680. The van der Waals surface area contributed by atoms with Crippen LogP contribution in [0, 0.1) is 13.8 Å². The summed E-state index contributed by atoms with van der Waals surface area (Å²) in [6.45, 7) is 10.1. The van der Waals surface area contributed by atoms with Crippen LogP contribution in [0.3, 0.4) is 0 Å². The number of nitrogens with one attached hydrogen (secondary N) is 3. The summed E-state index contributed by atoms with van der Waals surface area (Å²) in [6, 6.07) is 12.5. The summed E-state index contributed by atoms with van der Waals surface area (Å²) in [5, 5.41) is 1.05. The Morgan fingerprint density at radius 1 is 0.967 bits per heavy atom. The number of carbonyl (C=O) groups is 1. The molecule has 6 nitrogen and oxygen atoms in total. The lowest BCUT2D eigenvalue weighted by molar-refractivity contribution is -1.01. The number of fused-ring (bicyclic) bond motifs is 2. The van der Waals surface area contributed by atoms with Crippen molar-refractivity contribution in [2.75, 3.05) is 39.5 Å². The van der Waals surface area contributed by atoms with Crippen LogP contribution in [-0.2, 0) is 6.54 Å². The third-order valence-corrected chi connectivity index (χ3v) is 6.39. The maximum Gasteiger partial charge on any atom is 0.231 e. The lowest BCUT2D eigenvalue weighted by Gasteiger charge is -2.29.